The van der Waals surface area contributed by atoms with Crippen LogP contribution in [0.3, 0.4) is 0 Å². The van der Waals surface area contributed by atoms with Crippen LogP contribution in [-0.2, 0) is 71.4 Å². The molecule has 9 amide bonds. The van der Waals surface area contributed by atoms with Gasteiger partial charge >= 0.3 is 18.3 Å². The second-order valence-electron chi connectivity index (χ2n) is 26.4. The van der Waals surface area contributed by atoms with Gasteiger partial charge in [-0.15, -0.1) is 0 Å². The van der Waals surface area contributed by atoms with Crippen LogP contribution in [0, 0.1) is 5.41 Å². The zero-order valence-electron chi connectivity index (χ0n) is 61.4. The number of hydrogen-bond donors (Lipinski definition) is 18. The highest BCUT2D eigenvalue weighted by Crippen LogP contribution is 2.35. The van der Waals surface area contributed by atoms with Crippen LogP contribution < -0.4 is 47.9 Å². The van der Waals surface area contributed by atoms with Gasteiger partial charge in [-0.05, 0) is 102 Å². The SMILES string of the molecule is CC(=O)NCC(OCCCC(=O)NCCCCCCNC(=O)OCCCC(C)(CCCOC(=O)NCCCCCCNC(=O)CCCOC1OC(CO)C(O)C(O)C1NC(C)=O)CCCOC(=O)NCCCCCCNC(=O)CCCOC1OC(CO)C(O)C(O)C1NC(C)=O)OC(CO)C(O)CO. The van der Waals surface area contributed by atoms with Crippen molar-refractivity contribution in [2.75, 3.05) is 112 Å². The fourth-order valence-corrected chi connectivity index (χ4v) is 11.3. The average Bonchev–Trinajstić information content (AvgIpc) is 0.815. The van der Waals surface area contributed by atoms with Crippen LogP contribution in [0.25, 0.3) is 0 Å². The number of aliphatic hydroxyl groups is 9. The quantitative estimate of drug-likeness (QED) is 0.0198. The highest BCUT2D eigenvalue weighted by atomic mass is 16.7. The molecule has 18 N–H and O–H groups in total. The van der Waals surface area contributed by atoms with Crippen molar-refractivity contribution < 1.29 is 132 Å². The minimum Gasteiger partial charge on any atom is -0.450 e. The zero-order chi connectivity index (χ0) is 76.9. The van der Waals surface area contributed by atoms with Crippen LogP contribution in [0.1, 0.15) is 182 Å². The Morgan fingerprint density at radius 3 is 1.08 bits per heavy atom. The molecule has 2 heterocycles. The molecule has 104 heavy (non-hydrogen) atoms. The van der Waals surface area contributed by atoms with E-state index in [4.69, 9.17) is 42.6 Å². The Balaban J connectivity index is 1.70. The molecule has 36 heteroatoms. The van der Waals surface area contributed by atoms with Gasteiger partial charge in [-0.3, -0.25) is 28.8 Å². The lowest BCUT2D eigenvalue weighted by Gasteiger charge is -2.42. The molecule has 13 unspecified atom stereocenters. The third-order valence-corrected chi connectivity index (χ3v) is 17.2. The summed E-state index contributed by atoms with van der Waals surface area (Å²) < 4.78 is 50.0. The van der Waals surface area contributed by atoms with Gasteiger partial charge in [-0.1, -0.05) is 45.4 Å². The number of unbranched alkanes of at least 4 members (excludes halogenated alkanes) is 9. The van der Waals surface area contributed by atoms with E-state index >= 15 is 0 Å². The van der Waals surface area contributed by atoms with Gasteiger partial charge in [0.1, 0.15) is 60.9 Å². The maximum Gasteiger partial charge on any atom is 0.407 e. The van der Waals surface area contributed by atoms with Crippen molar-refractivity contribution in [1.29, 1.82) is 0 Å². The number of ether oxygens (including phenoxy) is 9. The van der Waals surface area contributed by atoms with Gasteiger partial charge in [0, 0.05) is 79.3 Å². The molecule has 0 spiro atoms. The van der Waals surface area contributed by atoms with Gasteiger partial charge in [0.05, 0.1) is 72.6 Å². The van der Waals surface area contributed by atoms with Gasteiger partial charge in [0.25, 0.3) is 0 Å². The van der Waals surface area contributed by atoms with Gasteiger partial charge < -0.3 is 136 Å². The van der Waals surface area contributed by atoms with Gasteiger partial charge in [-0.25, -0.2) is 14.4 Å². The molecule has 0 aromatic carbocycles. The van der Waals surface area contributed by atoms with E-state index in [0.717, 1.165) is 57.8 Å². The first-order valence-electron chi connectivity index (χ1n) is 36.8. The summed E-state index contributed by atoms with van der Waals surface area (Å²) in [7, 11) is 0. The molecule has 2 aliphatic heterocycles. The largest absolute Gasteiger partial charge is 0.450 e. The molecule has 0 aromatic rings. The van der Waals surface area contributed by atoms with E-state index < -0.39 is 136 Å². The standard InChI is InChI=1S/C68H125N9O27/c1-46(82)75-41-56(102-50(43-79)49(85)42-78)96-35-17-23-53(86)69-29-11-5-8-14-32-72-65(93)99-38-20-26-68(4,27-21-39-100-66(94)73-33-15-9-6-12-30-70-54(87)24-18-36-97-63-57(76-47(2)83)61(91)59(89)51(44-80)103-63)28-22-40-101-67(95)74-34-16-10-7-13-31-71-55(88)25-19-37-98-64-58(77-48(3)84)62(92)60(90)52(45-81)104-64/h49-52,56-64,78-81,85,89-92H,5-45H2,1-4H3,(H,69,86)(H,70,87)(H,71,88)(H,72,93)(H,73,94)(H,74,95)(H,75,82)(H,76,83)(H,77,84). The van der Waals surface area contributed by atoms with Crippen molar-refractivity contribution in [1.82, 2.24) is 47.9 Å². The van der Waals surface area contributed by atoms with E-state index in [2.05, 4.69) is 54.8 Å². The fraction of sp³-hybridized carbons (Fsp3) is 0.868. The number of amides is 9. The summed E-state index contributed by atoms with van der Waals surface area (Å²) >= 11 is 0. The monoisotopic (exact) mass is 1500 g/mol. The lowest BCUT2D eigenvalue weighted by Crippen LogP contribution is -2.64. The van der Waals surface area contributed by atoms with E-state index in [1.54, 1.807) is 0 Å². The number of rotatable bonds is 59. The third-order valence-electron chi connectivity index (χ3n) is 17.2. The Hall–Kier alpha value is -5.97. The predicted octanol–water partition coefficient (Wildman–Crippen LogP) is -0.988. The van der Waals surface area contributed by atoms with Crippen LogP contribution in [0.5, 0.6) is 0 Å². The Bertz CT molecular complexity index is 2290. The highest BCUT2D eigenvalue weighted by molar-refractivity contribution is 5.77. The van der Waals surface area contributed by atoms with Gasteiger partial charge in [0.2, 0.25) is 35.4 Å². The second kappa shape index (κ2) is 57.2. The van der Waals surface area contributed by atoms with Crippen molar-refractivity contribution in [2.45, 2.75) is 262 Å². The molecule has 0 aliphatic carbocycles. The van der Waals surface area contributed by atoms with E-state index in [9.17, 15) is 89.1 Å². The molecule has 13 atom stereocenters. The predicted molar refractivity (Wildman–Crippen MR) is 372 cm³/mol. The Morgan fingerprint density at radius 1 is 0.413 bits per heavy atom. The summed E-state index contributed by atoms with van der Waals surface area (Å²) in [6.07, 6.45) is -1.26. The fourth-order valence-electron chi connectivity index (χ4n) is 11.3. The lowest BCUT2D eigenvalue weighted by molar-refractivity contribution is -0.270. The highest BCUT2D eigenvalue weighted by Gasteiger charge is 2.47. The van der Waals surface area contributed by atoms with Crippen molar-refractivity contribution in [3.63, 3.8) is 0 Å². The van der Waals surface area contributed by atoms with Crippen LogP contribution in [0.15, 0.2) is 0 Å². The Morgan fingerprint density at radius 2 is 0.760 bits per heavy atom. The molecule has 36 nitrogen and oxygen atoms in total. The van der Waals surface area contributed by atoms with Crippen molar-refractivity contribution >= 4 is 53.7 Å². The average molecular weight is 1500 g/mol. The van der Waals surface area contributed by atoms with Crippen LogP contribution in [0.2, 0.25) is 0 Å². The molecule has 2 aliphatic rings. The van der Waals surface area contributed by atoms with Crippen LogP contribution >= 0.6 is 0 Å². The number of carbonyl (C=O) groups excluding carboxylic acids is 9. The number of nitrogens with one attached hydrogen (secondary N) is 9. The van der Waals surface area contributed by atoms with Gasteiger partial charge in [-0.2, -0.15) is 0 Å². The Kier molecular flexibility index (Phi) is 51.8. The summed E-state index contributed by atoms with van der Waals surface area (Å²) in [4.78, 5) is 110. The molecule has 0 aromatic heterocycles. The molecule has 0 radical (unpaired) electrons. The zero-order valence-corrected chi connectivity index (χ0v) is 61.4. The molecular weight excluding hydrogens is 1370 g/mol. The molecule has 2 rings (SSSR count). The summed E-state index contributed by atoms with van der Waals surface area (Å²) in [6.45, 7) is 6.70. The van der Waals surface area contributed by atoms with Crippen LogP contribution in [-0.4, -0.2) is 291 Å². The maximum absolute atomic E-state index is 12.6. The van der Waals surface area contributed by atoms with Crippen molar-refractivity contribution in [3.8, 4) is 0 Å². The lowest BCUT2D eigenvalue weighted by atomic mass is 9.77. The van der Waals surface area contributed by atoms with E-state index in [1.165, 1.54) is 20.8 Å². The smallest absolute Gasteiger partial charge is 0.407 e. The van der Waals surface area contributed by atoms with Crippen molar-refractivity contribution in [2.24, 2.45) is 5.41 Å². The van der Waals surface area contributed by atoms with Crippen LogP contribution in [0.4, 0.5) is 14.4 Å². The minimum absolute atomic E-state index is 0.0553. The molecular formula is C68H125N9O27. The first kappa shape index (κ1) is 94.1. The molecule has 604 valence electrons. The first-order valence-corrected chi connectivity index (χ1v) is 36.8. The molecule has 0 bridgehead atoms. The van der Waals surface area contributed by atoms with Crippen molar-refractivity contribution in [3.05, 3.63) is 0 Å². The molecule has 2 fully saturated rings. The van der Waals surface area contributed by atoms with E-state index in [-0.39, 0.29) is 94.5 Å². The number of aliphatic hydroxyl groups excluding tert-OH is 9. The Labute approximate surface area is 610 Å². The van der Waals surface area contributed by atoms with E-state index in [1.807, 2.05) is 0 Å². The number of hydrogen-bond acceptors (Lipinski definition) is 27. The number of carbonyl (C=O) groups is 9. The summed E-state index contributed by atoms with van der Waals surface area (Å²) in [5, 5.41) is 113. The van der Waals surface area contributed by atoms with E-state index in [0.29, 0.717) is 116 Å². The summed E-state index contributed by atoms with van der Waals surface area (Å²) in [5.74, 6) is -1.84. The second-order valence-corrected chi connectivity index (χ2v) is 26.4. The number of alkyl carbamates (subject to hydrolysis) is 3. The minimum atomic E-state index is -1.43. The maximum atomic E-state index is 12.6. The molecule has 0 saturated carbocycles. The van der Waals surface area contributed by atoms with Gasteiger partial charge in [0.15, 0.2) is 18.9 Å². The summed E-state index contributed by atoms with van der Waals surface area (Å²) in [6, 6.07) is -2.14. The first-order chi connectivity index (χ1) is 49.9. The summed E-state index contributed by atoms with van der Waals surface area (Å²) in [5.41, 5.74) is -0.290. The normalized spacial score (nSPS) is 21.5. The topological polar surface area (TPSA) is 527 Å². The third kappa shape index (κ3) is 43.6. The molecule has 2 saturated heterocycles.